The minimum absolute atomic E-state index is 0.227. The number of aryl methyl sites for hydroxylation is 2. The molecule has 23 heavy (non-hydrogen) atoms. The van der Waals surface area contributed by atoms with Crippen molar-refractivity contribution in [3.8, 4) is 5.82 Å². The summed E-state index contributed by atoms with van der Waals surface area (Å²) in [7, 11) is 0. The number of nitrogen functional groups attached to an aromatic ring is 1. The van der Waals surface area contributed by atoms with E-state index in [2.05, 4.69) is 16.1 Å². The van der Waals surface area contributed by atoms with Crippen LogP contribution in [0.4, 0.5) is 5.82 Å². The van der Waals surface area contributed by atoms with E-state index in [1.54, 1.807) is 6.92 Å². The molecule has 0 atom stereocenters. The molecule has 2 heterocycles. The van der Waals surface area contributed by atoms with Crippen LogP contribution in [0.5, 0.6) is 0 Å². The number of hydrogen-bond donors (Lipinski definition) is 1. The van der Waals surface area contributed by atoms with E-state index in [4.69, 9.17) is 10.5 Å². The van der Waals surface area contributed by atoms with Crippen molar-refractivity contribution in [3.63, 3.8) is 0 Å². The molecular weight excluding hydrogens is 292 g/mol. The first-order valence-corrected chi connectivity index (χ1v) is 7.40. The molecule has 0 saturated heterocycles. The van der Waals surface area contributed by atoms with Crippen molar-refractivity contribution >= 4 is 22.7 Å². The van der Waals surface area contributed by atoms with Gasteiger partial charge in [0.25, 0.3) is 0 Å². The molecule has 0 bridgehead atoms. The third kappa shape index (κ3) is 2.63. The summed E-state index contributed by atoms with van der Waals surface area (Å²) in [5.41, 5.74) is 9.26. The van der Waals surface area contributed by atoms with Gasteiger partial charge in [0.05, 0.1) is 18.3 Å². The number of ether oxygens (including phenoxy) is 1. The molecule has 118 valence electrons. The SMILES string of the molecule is CCOC(=O)c1cnn(-c2nc3ccc(C)cc3cc2C)c1N. The molecule has 3 rings (SSSR count). The van der Waals surface area contributed by atoms with Crippen LogP contribution in [0, 0.1) is 13.8 Å². The Kier molecular flexibility index (Phi) is 3.73. The maximum absolute atomic E-state index is 11.9. The number of nitrogens with two attached hydrogens (primary N) is 1. The number of carbonyl (C=O) groups excluding carboxylic acids is 1. The number of rotatable bonds is 3. The molecule has 0 aliphatic rings. The Bertz CT molecular complexity index is 899. The van der Waals surface area contributed by atoms with E-state index >= 15 is 0 Å². The molecule has 0 aliphatic heterocycles. The van der Waals surface area contributed by atoms with Gasteiger partial charge in [-0.15, -0.1) is 0 Å². The van der Waals surface area contributed by atoms with Crippen LogP contribution in [-0.2, 0) is 4.74 Å². The number of aromatic nitrogens is 3. The number of anilines is 1. The lowest BCUT2D eigenvalue weighted by Crippen LogP contribution is -2.10. The van der Waals surface area contributed by atoms with Gasteiger partial charge in [-0.1, -0.05) is 11.6 Å². The van der Waals surface area contributed by atoms with Crippen LogP contribution in [0.3, 0.4) is 0 Å². The van der Waals surface area contributed by atoms with Gasteiger partial charge in [0.2, 0.25) is 0 Å². The molecule has 0 fully saturated rings. The van der Waals surface area contributed by atoms with Crippen molar-refractivity contribution in [1.29, 1.82) is 0 Å². The van der Waals surface area contributed by atoms with E-state index in [0.717, 1.165) is 16.5 Å². The minimum Gasteiger partial charge on any atom is -0.462 e. The summed E-state index contributed by atoms with van der Waals surface area (Å²) in [5.74, 6) is 0.352. The smallest absolute Gasteiger partial charge is 0.343 e. The fraction of sp³-hybridized carbons (Fsp3) is 0.235. The Hall–Kier alpha value is -2.89. The Morgan fingerprint density at radius 1 is 1.30 bits per heavy atom. The molecule has 0 radical (unpaired) electrons. The second kappa shape index (κ2) is 5.72. The van der Waals surface area contributed by atoms with E-state index in [1.807, 2.05) is 32.0 Å². The van der Waals surface area contributed by atoms with Crippen molar-refractivity contribution in [2.45, 2.75) is 20.8 Å². The molecule has 2 aromatic heterocycles. The van der Waals surface area contributed by atoms with Gasteiger partial charge in [0.1, 0.15) is 11.4 Å². The second-order valence-corrected chi connectivity index (χ2v) is 5.40. The highest BCUT2D eigenvalue weighted by atomic mass is 16.5. The monoisotopic (exact) mass is 310 g/mol. The third-order valence-electron chi connectivity index (χ3n) is 3.64. The highest BCUT2D eigenvalue weighted by Crippen LogP contribution is 2.23. The average molecular weight is 310 g/mol. The molecule has 6 nitrogen and oxygen atoms in total. The molecular formula is C17H18N4O2. The largest absolute Gasteiger partial charge is 0.462 e. The van der Waals surface area contributed by atoms with Gasteiger partial charge in [-0.05, 0) is 44.5 Å². The number of hydrogen-bond acceptors (Lipinski definition) is 5. The molecule has 0 saturated carbocycles. The zero-order chi connectivity index (χ0) is 16.6. The highest BCUT2D eigenvalue weighted by molar-refractivity contribution is 5.94. The molecule has 3 aromatic rings. The van der Waals surface area contributed by atoms with Crippen LogP contribution in [0.1, 0.15) is 28.4 Å². The van der Waals surface area contributed by atoms with E-state index in [0.29, 0.717) is 5.82 Å². The van der Waals surface area contributed by atoms with Crippen molar-refractivity contribution in [2.75, 3.05) is 12.3 Å². The van der Waals surface area contributed by atoms with Crippen LogP contribution in [-0.4, -0.2) is 27.3 Å². The normalized spacial score (nSPS) is 10.9. The van der Waals surface area contributed by atoms with Crippen LogP contribution in [0.2, 0.25) is 0 Å². The fourth-order valence-electron chi connectivity index (χ4n) is 2.50. The zero-order valence-corrected chi connectivity index (χ0v) is 13.3. The molecule has 0 unspecified atom stereocenters. The first kappa shape index (κ1) is 15.0. The van der Waals surface area contributed by atoms with Gasteiger partial charge < -0.3 is 10.5 Å². The van der Waals surface area contributed by atoms with Gasteiger partial charge in [-0.25, -0.2) is 9.78 Å². The summed E-state index contributed by atoms with van der Waals surface area (Å²) in [6, 6.07) is 8.08. The summed E-state index contributed by atoms with van der Waals surface area (Å²) in [6.45, 7) is 6.01. The molecule has 6 heteroatoms. The number of pyridine rings is 1. The number of esters is 1. The van der Waals surface area contributed by atoms with Gasteiger partial charge in [0, 0.05) is 5.39 Å². The Balaban J connectivity index is 2.12. The van der Waals surface area contributed by atoms with Crippen molar-refractivity contribution in [2.24, 2.45) is 0 Å². The Morgan fingerprint density at radius 2 is 2.09 bits per heavy atom. The molecule has 1 aromatic carbocycles. The van der Waals surface area contributed by atoms with Gasteiger partial charge in [-0.2, -0.15) is 9.78 Å². The quantitative estimate of drug-likeness (QED) is 0.752. The molecule has 0 spiro atoms. The molecule has 0 amide bonds. The molecule has 2 N–H and O–H groups in total. The van der Waals surface area contributed by atoms with E-state index in [-0.39, 0.29) is 18.0 Å². The van der Waals surface area contributed by atoms with E-state index < -0.39 is 5.97 Å². The van der Waals surface area contributed by atoms with Gasteiger partial charge in [-0.3, -0.25) is 0 Å². The third-order valence-corrected chi connectivity index (χ3v) is 3.64. The lowest BCUT2D eigenvalue weighted by Gasteiger charge is -2.09. The first-order chi connectivity index (χ1) is 11.0. The maximum atomic E-state index is 11.9. The van der Waals surface area contributed by atoms with Crippen LogP contribution in [0.15, 0.2) is 30.5 Å². The van der Waals surface area contributed by atoms with Crippen molar-refractivity contribution in [1.82, 2.24) is 14.8 Å². The standard InChI is InChI=1S/C17H18N4O2/c1-4-23-17(22)13-9-19-21(15(13)18)16-11(3)8-12-7-10(2)5-6-14(12)20-16/h5-9H,4,18H2,1-3H3. The average Bonchev–Trinajstić information content (AvgIpc) is 2.88. The predicted molar refractivity (Wildman–Crippen MR) is 88.7 cm³/mol. The van der Waals surface area contributed by atoms with E-state index in [9.17, 15) is 4.79 Å². The topological polar surface area (TPSA) is 83.0 Å². The van der Waals surface area contributed by atoms with Gasteiger partial charge in [0.15, 0.2) is 5.82 Å². The summed E-state index contributed by atoms with van der Waals surface area (Å²) >= 11 is 0. The lowest BCUT2D eigenvalue weighted by molar-refractivity contribution is 0.0527. The Labute approximate surface area is 133 Å². The second-order valence-electron chi connectivity index (χ2n) is 5.40. The molecule has 0 aliphatic carbocycles. The van der Waals surface area contributed by atoms with Crippen LogP contribution >= 0.6 is 0 Å². The summed E-state index contributed by atoms with van der Waals surface area (Å²) in [6.07, 6.45) is 1.41. The minimum atomic E-state index is -0.481. The lowest BCUT2D eigenvalue weighted by atomic mass is 10.1. The predicted octanol–water partition coefficient (Wildman–Crippen LogP) is 2.80. The van der Waals surface area contributed by atoms with Crippen LogP contribution < -0.4 is 5.73 Å². The number of carbonyl (C=O) groups is 1. The first-order valence-electron chi connectivity index (χ1n) is 7.40. The van der Waals surface area contributed by atoms with E-state index in [1.165, 1.54) is 16.4 Å². The summed E-state index contributed by atoms with van der Waals surface area (Å²) < 4.78 is 6.45. The van der Waals surface area contributed by atoms with Crippen LogP contribution in [0.25, 0.3) is 16.7 Å². The number of fused-ring (bicyclic) bond motifs is 1. The number of benzene rings is 1. The maximum Gasteiger partial charge on any atom is 0.343 e. The fourth-order valence-corrected chi connectivity index (χ4v) is 2.50. The highest BCUT2D eigenvalue weighted by Gasteiger charge is 2.19. The van der Waals surface area contributed by atoms with Crippen molar-refractivity contribution < 1.29 is 9.53 Å². The number of nitrogens with zero attached hydrogens (tertiary/aromatic N) is 3. The van der Waals surface area contributed by atoms with Gasteiger partial charge >= 0.3 is 5.97 Å². The zero-order valence-electron chi connectivity index (χ0n) is 13.3. The Morgan fingerprint density at radius 3 is 2.83 bits per heavy atom. The summed E-state index contributed by atoms with van der Waals surface area (Å²) in [4.78, 5) is 16.5. The van der Waals surface area contributed by atoms with Crippen molar-refractivity contribution in [3.05, 3.63) is 47.2 Å². The summed E-state index contributed by atoms with van der Waals surface area (Å²) in [5, 5.41) is 5.26.